The third kappa shape index (κ3) is 11.8. The number of fused-ring (bicyclic) bond motifs is 1. The van der Waals surface area contributed by atoms with Crippen molar-refractivity contribution in [3.05, 3.63) is 65.0 Å². The standard InChI is InChI=1S/C37H44BrFN6O9/c1-25(46)35-31-18-26(27-21-40-37(41-22-27)54-17-16-53-15-14-52-13-12-51-11-10-50-9-8-49-2)6-7-32(31)45(43-35)24-34(47)44-23-29(39)20-33(44)36(48)42-30-5-3-4-28(38)19-30/h3-7,18-19,21-22,29,33H,8-17,20,23-24H2,1-2H3,(H,42,48)/t29-,33-/m1/s1. The molecular formula is C37H44BrFN6O9. The van der Waals surface area contributed by atoms with Crippen molar-refractivity contribution in [2.75, 3.05) is 85.0 Å². The van der Waals surface area contributed by atoms with Crippen LogP contribution in [0.25, 0.3) is 22.0 Å². The fourth-order valence-corrected chi connectivity index (χ4v) is 6.09. The maximum Gasteiger partial charge on any atom is 0.316 e. The van der Waals surface area contributed by atoms with Gasteiger partial charge in [0.2, 0.25) is 11.8 Å². The lowest BCUT2D eigenvalue weighted by Crippen LogP contribution is -2.44. The highest BCUT2D eigenvalue weighted by molar-refractivity contribution is 9.10. The van der Waals surface area contributed by atoms with E-state index in [2.05, 4.69) is 36.3 Å². The Morgan fingerprint density at radius 1 is 0.870 bits per heavy atom. The van der Waals surface area contributed by atoms with Crippen LogP contribution in [0.3, 0.4) is 0 Å². The van der Waals surface area contributed by atoms with Crippen molar-refractivity contribution < 1.29 is 47.2 Å². The van der Waals surface area contributed by atoms with Gasteiger partial charge in [-0.05, 0) is 35.9 Å². The number of benzene rings is 2. The summed E-state index contributed by atoms with van der Waals surface area (Å²) in [6, 6.07) is 11.5. The van der Waals surface area contributed by atoms with Gasteiger partial charge in [-0.3, -0.25) is 19.1 Å². The molecule has 2 atom stereocenters. The summed E-state index contributed by atoms with van der Waals surface area (Å²) in [7, 11) is 1.63. The van der Waals surface area contributed by atoms with Crippen LogP contribution in [-0.2, 0) is 39.8 Å². The maximum atomic E-state index is 14.6. The number of rotatable bonds is 22. The van der Waals surface area contributed by atoms with E-state index in [0.29, 0.717) is 81.6 Å². The maximum absolute atomic E-state index is 14.6. The molecule has 15 nitrogen and oxygen atoms in total. The van der Waals surface area contributed by atoms with Crippen LogP contribution in [0.5, 0.6) is 6.01 Å². The molecule has 2 aromatic heterocycles. The average Bonchev–Trinajstić information content (AvgIpc) is 3.74. The fraction of sp³-hybridized carbons (Fsp3) is 0.459. The van der Waals surface area contributed by atoms with Crippen LogP contribution in [0.4, 0.5) is 10.1 Å². The van der Waals surface area contributed by atoms with Gasteiger partial charge in [-0.25, -0.2) is 14.4 Å². The number of hydrogen-bond acceptors (Lipinski definition) is 12. The Kier molecular flexibility index (Phi) is 15.8. The number of likely N-dealkylation sites (tertiary alicyclic amines) is 1. The van der Waals surface area contributed by atoms with Crippen molar-refractivity contribution in [2.24, 2.45) is 0 Å². The number of aromatic nitrogens is 4. The van der Waals surface area contributed by atoms with E-state index < -0.39 is 24.0 Å². The zero-order valence-corrected chi connectivity index (χ0v) is 31.8. The first-order valence-corrected chi connectivity index (χ1v) is 18.3. The van der Waals surface area contributed by atoms with Gasteiger partial charge in [-0.15, -0.1) is 0 Å². The molecule has 290 valence electrons. The number of hydrogen-bond donors (Lipinski definition) is 1. The van der Waals surface area contributed by atoms with Crippen molar-refractivity contribution in [1.29, 1.82) is 0 Å². The fourth-order valence-electron chi connectivity index (χ4n) is 5.69. The van der Waals surface area contributed by atoms with Crippen LogP contribution < -0.4 is 10.1 Å². The first kappa shape index (κ1) is 40.8. The molecule has 1 aliphatic rings. The largest absolute Gasteiger partial charge is 0.461 e. The zero-order chi connectivity index (χ0) is 38.3. The minimum absolute atomic E-state index is 0.117. The molecule has 0 unspecified atom stereocenters. The van der Waals surface area contributed by atoms with Gasteiger partial charge in [0.1, 0.15) is 31.1 Å². The lowest BCUT2D eigenvalue weighted by atomic mass is 10.0. The number of Topliss-reactive ketones (excluding diaryl/α,β-unsaturated/α-hetero) is 1. The molecule has 4 aromatic rings. The molecule has 2 amide bonds. The SMILES string of the molecule is COCCOCCOCCOCCOCCOc1ncc(-c2ccc3c(c2)c(C(C)=O)nn3CC(=O)N2C[C@H](F)C[C@@H]2C(=O)Nc2cccc(Br)c2)cn1. The average molecular weight is 816 g/mol. The number of ketones is 1. The molecule has 1 aliphatic heterocycles. The highest BCUT2D eigenvalue weighted by Gasteiger charge is 2.40. The minimum atomic E-state index is -1.35. The Labute approximate surface area is 320 Å². The first-order valence-electron chi connectivity index (χ1n) is 17.5. The van der Waals surface area contributed by atoms with Crippen LogP contribution in [0.15, 0.2) is 59.3 Å². The third-order valence-electron chi connectivity index (χ3n) is 8.30. The molecular weight excluding hydrogens is 771 g/mol. The molecule has 0 radical (unpaired) electrons. The second kappa shape index (κ2) is 20.9. The Bertz CT molecular complexity index is 1850. The number of ether oxygens (including phenoxy) is 6. The lowest BCUT2D eigenvalue weighted by Gasteiger charge is -2.23. The molecule has 2 aromatic carbocycles. The van der Waals surface area contributed by atoms with Crippen LogP contribution in [0.1, 0.15) is 23.8 Å². The summed E-state index contributed by atoms with van der Waals surface area (Å²) in [4.78, 5) is 49.1. The normalized spacial score (nSPS) is 15.5. The molecule has 0 spiro atoms. The summed E-state index contributed by atoms with van der Waals surface area (Å²) in [5.41, 5.74) is 2.61. The number of carbonyl (C=O) groups excluding carboxylic acids is 3. The first-order chi connectivity index (χ1) is 26.2. The van der Waals surface area contributed by atoms with E-state index in [0.717, 1.165) is 10.0 Å². The number of alkyl halides is 1. The van der Waals surface area contributed by atoms with Crippen molar-refractivity contribution in [2.45, 2.75) is 32.1 Å². The monoisotopic (exact) mass is 814 g/mol. The smallest absolute Gasteiger partial charge is 0.316 e. The lowest BCUT2D eigenvalue weighted by molar-refractivity contribution is -0.137. The number of methoxy groups -OCH3 is 1. The van der Waals surface area contributed by atoms with Gasteiger partial charge in [-0.1, -0.05) is 28.1 Å². The highest BCUT2D eigenvalue weighted by atomic mass is 79.9. The molecule has 1 saturated heterocycles. The van der Waals surface area contributed by atoms with Crippen LogP contribution in [0.2, 0.25) is 0 Å². The number of halogens is 2. The number of nitrogens with zero attached hydrogens (tertiary/aromatic N) is 5. The Morgan fingerprint density at radius 3 is 2.15 bits per heavy atom. The summed E-state index contributed by atoms with van der Waals surface area (Å²) < 4.78 is 49.0. The second-order valence-electron chi connectivity index (χ2n) is 12.2. The van der Waals surface area contributed by atoms with E-state index in [-0.39, 0.29) is 43.6 Å². The van der Waals surface area contributed by atoms with Crippen LogP contribution in [0, 0.1) is 0 Å². The van der Waals surface area contributed by atoms with Crippen molar-refractivity contribution in [3.8, 4) is 17.1 Å². The van der Waals surface area contributed by atoms with E-state index in [4.69, 9.17) is 28.4 Å². The number of nitrogens with one attached hydrogen (secondary N) is 1. The molecule has 54 heavy (non-hydrogen) atoms. The second-order valence-corrected chi connectivity index (χ2v) is 13.1. The molecule has 17 heteroatoms. The molecule has 3 heterocycles. The van der Waals surface area contributed by atoms with E-state index >= 15 is 0 Å². The van der Waals surface area contributed by atoms with Gasteiger partial charge in [0.25, 0.3) is 0 Å². The molecule has 1 fully saturated rings. The molecule has 0 bridgehead atoms. The van der Waals surface area contributed by atoms with Gasteiger partial charge < -0.3 is 38.6 Å². The Balaban J connectivity index is 1.10. The summed E-state index contributed by atoms with van der Waals surface area (Å²) in [6.45, 7) is 5.33. The topological polar surface area (TPSA) is 165 Å². The van der Waals surface area contributed by atoms with Crippen molar-refractivity contribution in [3.63, 3.8) is 0 Å². The van der Waals surface area contributed by atoms with Gasteiger partial charge in [0, 0.05) is 54.0 Å². The molecule has 1 N–H and O–H groups in total. The Morgan fingerprint density at radius 2 is 1.52 bits per heavy atom. The zero-order valence-electron chi connectivity index (χ0n) is 30.2. The number of carbonyl (C=O) groups is 3. The third-order valence-corrected chi connectivity index (χ3v) is 8.80. The summed E-state index contributed by atoms with van der Waals surface area (Å²) in [5, 5.41) is 7.74. The van der Waals surface area contributed by atoms with Gasteiger partial charge in [0.15, 0.2) is 5.78 Å². The van der Waals surface area contributed by atoms with E-state index in [1.54, 1.807) is 55.9 Å². The van der Waals surface area contributed by atoms with Crippen molar-refractivity contribution >= 4 is 50.1 Å². The molecule has 0 aliphatic carbocycles. The number of anilines is 1. The Hall–Kier alpha value is -4.39. The summed E-state index contributed by atoms with van der Waals surface area (Å²) in [6.07, 6.45) is 1.74. The van der Waals surface area contributed by atoms with E-state index in [1.807, 2.05) is 6.07 Å². The predicted molar refractivity (Wildman–Crippen MR) is 199 cm³/mol. The van der Waals surface area contributed by atoms with Gasteiger partial charge >= 0.3 is 6.01 Å². The van der Waals surface area contributed by atoms with Gasteiger partial charge in [0.05, 0.1) is 71.5 Å². The quantitative estimate of drug-likeness (QED) is 0.0893. The summed E-state index contributed by atoms with van der Waals surface area (Å²) in [5.74, 6) is -1.27. The molecule has 0 saturated carbocycles. The predicted octanol–water partition coefficient (Wildman–Crippen LogP) is 4.13. The van der Waals surface area contributed by atoms with E-state index in [9.17, 15) is 18.8 Å². The van der Waals surface area contributed by atoms with Crippen LogP contribution in [-0.4, -0.2) is 134 Å². The minimum Gasteiger partial charge on any atom is -0.461 e. The highest BCUT2D eigenvalue weighted by Crippen LogP contribution is 2.28. The van der Waals surface area contributed by atoms with Crippen molar-refractivity contribution in [1.82, 2.24) is 24.6 Å². The van der Waals surface area contributed by atoms with Crippen LogP contribution >= 0.6 is 15.9 Å². The summed E-state index contributed by atoms with van der Waals surface area (Å²) >= 11 is 3.36. The molecule has 5 rings (SSSR count). The van der Waals surface area contributed by atoms with Gasteiger partial charge in [-0.2, -0.15) is 5.10 Å². The number of amides is 2. The van der Waals surface area contributed by atoms with E-state index in [1.165, 1.54) is 16.5 Å².